The first-order valence-corrected chi connectivity index (χ1v) is 12.9. The maximum atomic E-state index is 9.83. The van der Waals surface area contributed by atoms with Crippen LogP contribution < -0.4 is 5.32 Å². The van der Waals surface area contributed by atoms with Gasteiger partial charge in [-0.15, -0.1) is 11.3 Å². The SMILES string of the molecule is CC.CC(C)(O)O.CSc1nc(C)c(-c2nc3ccccc3s2)c(NC2CCC(O)C2)n1. The third-order valence-electron chi connectivity index (χ3n) is 4.51. The first-order valence-electron chi connectivity index (χ1n) is 10.8. The number of thiazole rings is 1. The Bertz CT molecular complexity index is 966. The molecule has 1 aliphatic carbocycles. The lowest BCUT2D eigenvalue weighted by Crippen LogP contribution is -2.19. The van der Waals surface area contributed by atoms with Crippen LogP contribution in [0.4, 0.5) is 5.82 Å². The highest BCUT2D eigenvalue weighted by Gasteiger charge is 2.25. The predicted octanol–water partition coefficient (Wildman–Crippen LogP) is 4.84. The van der Waals surface area contributed by atoms with Crippen molar-refractivity contribution < 1.29 is 15.3 Å². The van der Waals surface area contributed by atoms with E-state index in [9.17, 15) is 5.11 Å². The molecule has 2 heterocycles. The van der Waals surface area contributed by atoms with Crippen molar-refractivity contribution in [3.8, 4) is 10.6 Å². The lowest BCUT2D eigenvalue weighted by atomic mass is 10.2. The fourth-order valence-electron chi connectivity index (χ4n) is 3.26. The van der Waals surface area contributed by atoms with Gasteiger partial charge in [0.05, 0.1) is 27.6 Å². The van der Waals surface area contributed by atoms with E-state index in [4.69, 9.17) is 20.2 Å². The minimum Gasteiger partial charge on any atom is -0.393 e. The molecule has 1 saturated carbocycles. The van der Waals surface area contributed by atoms with Gasteiger partial charge in [0.2, 0.25) is 0 Å². The van der Waals surface area contributed by atoms with Crippen molar-refractivity contribution in [3.05, 3.63) is 30.0 Å². The van der Waals surface area contributed by atoms with Crippen LogP contribution in [-0.4, -0.2) is 54.5 Å². The number of aliphatic hydroxyl groups is 3. The van der Waals surface area contributed by atoms with Gasteiger partial charge in [0, 0.05) is 6.04 Å². The Kier molecular flexibility index (Phi) is 9.84. The van der Waals surface area contributed by atoms with Gasteiger partial charge < -0.3 is 20.6 Å². The number of hydrogen-bond acceptors (Lipinski definition) is 9. The second kappa shape index (κ2) is 11.9. The fraction of sp³-hybridized carbons (Fsp3) is 0.522. The molecule has 2 unspecified atom stereocenters. The highest BCUT2D eigenvalue weighted by molar-refractivity contribution is 7.98. The second-order valence-electron chi connectivity index (χ2n) is 7.81. The van der Waals surface area contributed by atoms with E-state index in [0.29, 0.717) is 0 Å². The zero-order valence-electron chi connectivity index (χ0n) is 19.6. The average Bonchev–Trinajstić information content (AvgIpc) is 3.33. The lowest BCUT2D eigenvalue weighted by Gasteiger charge is -2.17. The topological polar surface area (TPSA) is 111 Å². The number of aliphatic hydroxyl groups excluding tert-OH is 1. The van der Waals surface area contributed by atoms with Gasteiger partial charge in [-0.3, -0.25) is 0 Å². The van der Waals surface area contributed by atoms with Gasteiger partial charge in [-0.1, -0.05) is 37.7 Å². The van der Waals surface area contributed by atoms with Gasteiger partial charge in [0.15, 0.2) is 10.9 Å². The number of nitrogens with zero attached hydrogens (tertiary/aromatic N) is 3. The molecular formula is C23H34N4O3S2. The van der Waals surface area contributed by atoms with Gasteiger partial charge in [-0.25, -0.2) is 15.0 Å². The summed E-state index contributed by atoms with van der Waals surface area (Å²) in [6.45, 7) is 8.61. The van der Waals surface area contributed by atoms with E-state index in [-0.39, 0.29) is 12.1 Å². The van der Waals surface area contributed by atoms with Crippen molar-refractivity contribution in [2.24, 2.45) is 0 Å². The van der Waals surface area contributed by atoms with Crippen LogP contribution in [-0.2, 0) is 0 Å². The molecular weight excluding hydrogens is 444 g/mol. The molecule has 176 valence electrons. The van der Waals surface area contributed by atoms with E-state index in [1.807, 2.05) is 45.2 Å². The van der Waals surface area contributed by atoms with Crippen molar-refractivity contribution in [2.45, 2.75) is 77.0 Å². The van der Waals surface area contributed by atoms with Gasteiger partial charge >= 0.3 is 0 Å². The number of aromatic nitrogens is 3. The van der Waals surface area contributed by atoms with Gasteiger partial charge in [0.1, 0.15) is 10.8 Å². The molecule has 0 radical (unpaired) electrons. The van der Waals surface area contributed by atoms with Gasteiger partial charge in [-0.05, 0) is 58.4 Å². The summed E-state index contributed by atoms with van der Waals surface area (Å²) in [6, 6.07) is 8.40. The zero-order chi connectivity index (χ0) is 23.9. The molecule has 0 bridgehead atoms. The molecule has 4 N–H and O–H groups in total. The van der Waals surface area contributed by atoms with Crippen LogP contribution in [0.15, 0.2) is 29.4 Å². The molecule has 0 spiro atoms. The van der Waals surface area contributed by atoms with Crippen LogP contribution in [0, 0.1) is 6.92 Å². The Morgan fingerprint density at radius 1 is 1.09 bits per heavy atom. The van der Waals surface area contributed by atoms with Gasteiger partial charge in [0.25, 0.3) is 0 Å². The van der Waals surface area contributed by atoms with Crippen LogP contribution >= 0.6 is 23.1 Å². The monoisotopic (exact) mass is 478 g/mol. The number of aryl methyl sites for hydroxylation is 1. The maximum absolute atomic E-state index is 9.83. The minimum absolute atomic E-state index is 0.216. The standard InChI is InChI=1S/C18H20N4OS2.C3H8O2.C2H6/c1-10-15(17-21-13-5-3-4-6-14(13)25-17)16(22-18(19-10)24-2)20-11-7-8-12(23)9-11;1-3(2,4)5;1-2/h3-6,11-12,23H,7-9H2,1-2H3,(H,19,20,22);4-5H,1-2H3;1-2H3. The van der Waals surface area contributed by atoms with Gasteiger partial charge in [-0.2, -0.15) is 0 Å². The summed E-state index contributed by atoms with van der Waals surface area (Å²) < 4.78 is 1.16. The number of thioether (sulfide) groups is 1. The van der Waals surface area contributed by atoms with Crippen LogP contribution in [0.2, 0.25) is 0 Å². The van der Waals surface area contributed by atoms with E-state index in [2.05, 4.69) is 16.4 Å². The molecule has 1 aliphatic rings. The first-order chi connectivity index (χ1) is 15.1. The normalized spacial score (nSPS) is 17.9. The summed E-state index contributed by atoms with van der Waals surface area (Å²) >= 11 is 3.20. The van der Waals surface area contributed by atoms with E-state index in [1.54, 1.807) is 11.3 Å². The molecule has 7 nitrogen and oxygen atoms in total. The molecule has 1 fully saturated rings. The first kappa shape index (κ1) is 26.5. The number of nitrogens with one attached hydrogen (secondary N) is 1. The Labute approximate surface area is 198 Å². The van der Waals surface area contributed by atoms with Crippen molar-refractivity contribution >= 4 is 39.1 Å². The van der Waals surface area contributed by atoms with Crippen molar-refractivity contribution in [2.75, 3.05) is 11.6 Å². The Balaban J connectivity index is 0.000000460. The molecule has 9 heteroatoms. The summed E-state index contributed by atoms with van der Waals surface area (Å²) in [5.74, 6) is -0.671. The largest absolute Gasteiger partial charge is 0.393 e. The van der Waals surface area contributed by atoms with E-state index < -0.39 is 5.79 Å². The van der Waals surface area contributed by atoms with Crippen molar-refractivity contribution in [1.29, 1.82) is 0 Å². The lowest BCUT2D eigenvalue weighted by molar-refractivity contribution is -0.127. The summed E-state index contributed by atoms with van der Waals surface area (Å²) in [6.07, 6.45) is 4.32. The summed E-state index contributed by atoms with van der Waals surface area (Å²) in [5.41, 5.74) is 2.90. The fourth-order valence-corrected chi connectivity index (χ4v) is 4.73. The molecule has 2 aromatic heterocycles. The summed E-state index contributed by atoms with van der Waals surface area (Å²) in [4.78, 5) is 14.1. The smallest absolute Gasteiger partial charge is 0.189 e. The van der Waals surface area contributed by atoms with Crippen molar-refractivity contribution in [3.63, 3.8) is 0 Å². The van der Waals surface area contributed by atoms with Crippen LogP contribution in [0.25, 0.3) is 20.8 Å². The molecule has 1 aromatic carbocycles. The predicted molar refractivity (Wildman–Crippen MR) is 134 cm³/mol. The second-order valence-corrected chi connectivity index (χ2v) is 9.61. The molecule has 4 rings (SSSR count). The minimum atomic E-state index is -1.50. The molecule has 2 atom stereocenters. The van der Waals surface area contributed by atoms with Crippen LogP contribution in [0.1, 0.15) is 52.7 Å². The molecule has 32 heavy (non-hydrogen) atoms. The number of fused-ring (bicyclic) bond motifs is 1. The molecule has 3 aromatic rings. The summed E-state index contributed by atoms with van der Waals surface area (Å²) in [5, 5.41) is 31.2. The van der Waals surface area contributed by atoms with E-state index in [1.165, 1.54) is 25.6 Å². The van der Waals surface area contributed by atoms with Crippen LogP contribution in [0.3, 0.4) is 0 Å². The average molecular weight is 479 g/mol. The number of rotatable bonds is 4. The number of para-hydroxylation sites is 1. The Morgan fingerprint density at radius 2 is 1.75 bits per heavy atom. The number of anilines is 1. The van der Waals surface area contributed by atoms with Crippen molar-refractivity contribution in [1.82, 2.24) is 15.0 Å². The number of hydrogen-bond donors (Lipinski definition) is 4. The van der Waals surface area contributed by atoms with Crippen LogP contribution in [0.5, 0.6) is 0 Å². The maximum Gasteiger partial charge on any atom is 0.189 e. The zero-order valence-corrected chi connectivity index (χ0v) is 21.2. The Hall–Kier alpha value is -1.78. The molecule has 0 amide bonds. The van der Waals surface area contributed by atoms with E-state index in [0.717, 1.165) is 56.7 Å². The third-order valence-corrected chi connectivity index (χ3v) is 6.11. The summed E-state index contributed by atoms with van der Waals surface area (Å²) in [7, 11) is 0. The Morgan fingerprint density at radius 3 is 2.31 bits per heavy atom. The quantitative estimate of drug-likeness (QED) is 0.239. The number of benzene rings is 1. The molecule has 0 saturated heterocycles. The third kappa shape index (κ3) is 7.67. The highest BCUT2D eigenvalue weighted by Crippen LogP contribution is 2.37. The molecule has 0 aliphatic heterocycles. The van der Waals surface area contributed by atoms with E-state index >= 15 is 0 Å². The highest BCUT2D eigenvalue weighted by atomic mass is 32.2.